The molecule has 136 valence electrons. The van der Waals surface area contributed by atoms with Crippen LogP contribution in [-0.4, -0.2) is 59.6 Å². The number of ether oxygens (including phenoxy) is 1. The summed E-state index contributed by atoms with van der Waals surface area (Å²) in [5, 5.41) is 10.3. The summed E-state index contributed by atoms with van der Waals surface area (Å²) in [5.74, 6) is 0.0998. The standard InChI is InChI=1S/C20H22N2O4/c1-26-18-9-5-8-16(10-18)20(25)22-13-17(23)12-21(19(24)14-22)11-15-6-3-2-4-7-15/h2-10,17,23H,11-14H2,1H3. The maximum Gasteiger partial charge on any atom is 0.254 e. The van der Waals surface area contributed by atoms with Crippen LogP contribution in [0.2, 0.25) is 0 Å². The summed E-state index contributed by atoms with van der Waals surface area (Å²) in [4.78, 5) is 28.4. The van der Waals surface area contributed by atoms with Gasteiger partial charge in [0.1, 0.15) is 12.3 Å². The van der Waals surface area contributed by atoms with E-state index in [1.807, 2.05) is 30.3 Å². The Balaban J connectivity index is 1.74. The maximum atomic E-state index is 12.8. The van der Waals surface area contributed by atoms with Crippen LogP contribution >= 0.6 is 0 Å². The predicted molar refractivity (Wildman–Crippen MR) is 96.8 cm³/mol. The van der Waals surface area contributed by atoms with Crippen LogP contribution in [0.15, 0.2) is 54.6 Å². The van der Waals surface area contributed by atoms with Gasteiger partial charge in [-0.1, -0.05) is 36.4 Å². The van der Waals surface area contributed by atoms with E-state index in [0.717, 1.165) is 5.56 Å². The second-order valence-corrected chi connectivity index (χ2v) is 6.33. The van der Waals surface area contributed by atoms with Crippen LogP contribution < -0.4 is 4.74 Å². The quantitative estimate of drug-likeness (QED) is 0.904. The number of hydrogen-bond donors (Lipinski definition) is 1. The molecule has 0 aromatic heterocycles. The van der Waals surface area contributed by atoms with Gasteiger partial charge in [0.15, 0.2) is 0 Å². The maximum absolute atomic E-state index is 12.8. The largest absolute Gasteiger partial charge is 0.497 e. The van der Waals surface area contributed by atoms with E-state index in [2.05, 4.69) is 0 Å². The molecule has 1 aliphatic rings. The molecular weight excluding hydrogens is 332 g/mol. The van der Waals surface area contributed by atoms with Crippen LogP contribution in [0.4, 0.5) is 0 Å². The molecule has 3 rings (SSSR count). The lowest BCUT2D eigenvalue weighted by Crippen LogP contribution is -2.39. The fourth-order valence-corrected chi connectivity index (χ4v) is 3.05. The van der Waals surface area contributed by atoms with Crippen LogP contribution in [0.25, 0.3) is 0 Å². The number of methoxy groups -OCH3 is 1. The van der Waals surface area contributed by atoms with Gasteiger partial charge in [0, 0.05) is 25.2 Å². The predicted octanol–water partition coefficient (Wildman–Crippen LogP) is 1.54. The van der Waals surface area contributed by atoms with Gasteiger partial charge in [-0.2, -0.15) is 0 Å². The number of aliphatic hydroxyl groups excluding tert-OH is 1. The number of amides is 2. The van der Waals surface area contributed by atoms with Gasteiger partial charge < -0.3 is 19.6 Å². The molecule has 1 unspecified atom stereocenters. The molecule has 0 bridgehead atoms. The topological polar surface area (TPSA) is 70.1 Å². The van der Waals surface area contributed by atoms with Crippen LogP contribution in [-0.2, 0) is 11.3 Å². The number of β-amino-alcohol motifs (C(OH)–C–C–N with tert-alkyl or cyclic N) is 1. The number of nitrogens with zero attached hydrogens (tertiary/aromatic N) is 2. The van der Waals surface area contributed by atoms with E-state index in [9.17, 15) is 14.7 Å². The zero-order chi connectivity index (χ0) is 18.5. The lowest BCUT2D eigenvalue weighted by molar-refractivity contribution is -0.131. The molecule has 6 nitrogen and oxygen atoms in total. The number of carbonyl (C=O) groups excluding carboxylic acids is 2. The van der Waals surface area contributed by atoms with Crippen molar-refractivity contribution in [3.05, 3.63) is 65.7 Å². The van der Waals surface area contributed by atoms with E-state index in [1.54, 1.807) is 29.2 Å². The summed E-state index contributed by atoms with van der Waals surface area (Å²) < 4.78 is 5.15. The minimum absolute atomic E-state index is 0.0556. The van der Waals surface area contributed by atoms with Gasteiger partial charge in [0.2, 0.25) is 5.91 Å². The summed E-state index contributed by atoms with van der Waals surface area (Å²) in [5.41, 5.74) is 1.42. The molecule has 1 aliphatic heterocycles. The Morgan fingerprint density at radius 2 is 1.92 bits per heavy atom. The zero-order valence-corrected chi connectivity index (χ0v) is 14.7. The highest BCUT2D eigenvalue weighted by molar-refractivity contribution is 5.97. The zero-order valence-electron chi connectivity index (χ0n) is 14.7. The molecule has 1 fully saturated rings. The molecule has 26 heavy (non-hydrogen) atoms. The highest BCUT2D eigenvalue weighted by Crippen LogP contribution is 2.17. The number of aliphatic hydroxyl groups is 1. The molecule has 1 N–H and O–H groups in total. The fourth-order valence-electron chi connectivity index (χ4n) is 3.05. The van der Waals surface area contributed by atoms with Crippen molar-refractivity contribution in [2.75, 3.05) is 26.7 Å². The summed E-state index contributed by atoms with van der Waals surface area (Å²) in [6, 6.07) is 16.4. The molecule has 1 heterocycles. The average Bonchev–Trinajstić information content (AvgIpc) is 2.80. The number of carbonyl (C=O) groups is 2. The van der Waals surface area contributed by atoms with Crippen LogP contribution in [0.5, 0.6) is 5.75 Å². The summed E-state index contributed by atoms with van der Waals surface area (Å²) in [6.45, 7) is 0.681. The Labute approximate surface area is 152 Å². The Morgan fingerprint density at radius 1 is 1.15 bits per heavy atom. The van der Waals surface area contributed by atoms with Crippen molar-refractivity contribution < 1.29 is 19.4 Å². The first-order valence-corrected chi connectivity index (χ1v) is 8.50. The third kappa shape index (κ3) is 4.21. The molecule has 2 aromatic carbocycles. The van der Waals surface area contributed by atoms with E-state index in [0.29, 0.717) is 17.9 Å². The first-order chi connectivity index (χ1) is 12.6. The molecule has 0 saturated carbocycles. The molecule has 2 amide bonds. The average molecular weight is 354 g/mol. The molecule has 0 spiro atoms. The van der Waals surface area contributed by atoms with Crippen molar-refractivity contribution in [3.8, 4) is 5.75 Å². The minimum atomic E-state index is -0.792. The first-order valence-electron chi connectivity index (χ1n) is 8.50. The van der Waals surface area contributed by atoms with E-state index >= 15 is 0 Å². The van der Waals surface area contributed by atoms with Crippen LogP contribution in [0.3, 0.4) is 0 Å². The van der Waals surface area contributed by atoms with Gasteiger partial charge in [0.25, 0.3) is 5.91 Å². The molecular formula is C20H22N2O4. The van der Waals surface area contributed by atoms with Crippen molar-refractivity contribution in [2.24, 2.45) is 0 Å². The molecule has 0 aliphatic carbocycles. The van der Waals surface area contributed by atoms with E-state index in [-0.39, 0.29) is 31.4 Å². The Hall–Kier alpha value is -2.86. The van der Waals surface area contributed by atoms with E-state index < -0.39 is 6.10 Å². The molecule has 0 radical (unpaired) electrons. The monoisotopic (exact) mass is 354 g/mol. The third-order valence-electron chi connectivity index (χ3n) is 4.36. The van der Waals surface area contributed by atoms with Gasteiger partial charge in [-0.25, -0.2) is 0 Å². The molecule has 1 atom stereocenters. The molecule has 1 saturated heterocycles. The normalized spacial score (nSPS) is 17.8. The van der Waals surface area contributed by atoms with Gasteiger partial charge in [-0.15, -0.1) is 0 Å². The Kier molecular flexibility index (Phi) is 5.53. The van der Waals surface area contributed by atoms with Crippen molar-refractivity contribution in [2.45, 2.75) is 12.6 Å². The van der Waals surface area contributed by atoms with Crippen molar-refractivity contribution in [3.63, 3.8) is 0 Å². The Bertz CT molecular complexity index is 778. The number of hydrogen-bond acceptors (Lipinski definition) is 4. The minimum Gasteiger partial charge on any atom is -0.497 e. The summed E-state index contributed by atoms with van der Waals surface area (Å²) in [7, 11) is 1.53. The second kappa shape index (κ2) is 8.01. The lowest BCUT2D eigenvalue weighted by atomic mass is 10.2. The van der Waals surface area contributed by atoms with E-state index in [4.69, 9.17) is 4.74 Å². The third-order valence-corrected chi connectivity index (χ3v) is 4.36. The van der Waals surface area contributed by atoms with Gasteiger partial charge in [-0.05, 0) is 23.8 Å². The SMILES string of the molecule is COc1cccc(C(=O)N2CC(=O)N(Cc3ccccc3)CC(O)C2)c1. The van der Waals surface area contributed by atoms with Gasteiger partial charge in [-0.3, -0.25) is 9.59 Å². The molecule has 6 heteroatoms. The number of benzene rings is 2. The highest BCUT2D eigenvalue weighted by Gasteiger charge is 2.30. The number of rotatable bonds is 4. The first kappa shape index (κ1) is 17.9. The van der Waals surface area contributed by atoms with Crippen LogP contribution in [0.1, 0.15) is 15.9 Å². The van der Waals surface area contributed by atoms with Gasteiger partial charge in [0.05, 0.1) is 13.2 Å². The summed E-state index contributed by atoms with van der Waals surface area (Å²) >= 11 is 0. The smallest absolute Gasteiger partial charge is 0.254 e. The molecule has 2 aromatic rings. The second-order valence-electron chi connectivity index (χ2n) is 6.33. The van der Waals surface area contributed by atoms with E-state index in [1.165, 1.54) is 12.0 Å². The van der Waals surface area contributed by atoms with Gasteiger partial charge >= 0.3 is 0 Å². The van der Waals surface area contributed by atoms with Crippen molar-refractivity contribution in [1.82, 2.24) is 9.80 Å². The Morgan fingerprint density at radius 3 is 2.65 bits per heavy atom. The summed E-state index contributed by atoms with van der Waals surface area (Å²) in [6.07, 6.45) is -0.792. The highest BCUT2D eigenvalue weighted by atomic mass is 16.5. The fraction of sp³-hybridized carbons (Fsp3) is 0.300. The van der Waals surface area contributed by atoms with Crippen molar-refractivity contribution >= 4 is 11.8 Å². The van der Waals surface area contributed by atoms with Crippen molar-refractivity contribution in [1.29, 1.82) is 0 Å². The lowest BCUT2D eigenvalue weighted by Gasteiger charge is -2.22. The van der Waals surface area contributed by atoms with Crippen LogP contribution in [0, 0.1) is 0 Å².